The fraction of sp³-hybridized carbons (Fsp3) is 0.0714. The molecule has 1 N–H and O–H groups in total. The number of para-hydroxylation sites is 1. The number of nitrogens with zero attached hydrogens (tertiary/aromatic N) is 1. The van der Waals surface area contributed by atoms with Crippen molar-refractivity contribution in [3.8, 4) is 5.69 Å². The van der Waals surface area contributed by atoms with Crippen LogP contribution in [-0.4, -0.2) is 24.2 Å². The molecule has 0 saturated heterocycles. The lowest BCUT2D eigenvalue weighted by atomic mass is 10.3. The minimum Gasteiger partial charge on any atom is -0.330 e. The number of rotatable bonds is 2. The number of fused-ring (bicyclic) bond motifs is 1. The van der Waals surface area contributed by atoms with Crippen molar-refractivity contribution in [1.82, 2.24) is 9.55 Å². The van der Waals surface area contributed by atoms with E-state index in [4.69, 9.17) is 23.8 Å². The van der Waals surface area contributed by atoms with Crippen molar-refractivity contribution >= 4 is 44.7 Å². The third kappa shape index (κ3) is 2.50. The number of benzene rings is 2. The molecule has 2 aromatic carbocycles. The number of imidazole rings is 1. The van der Waals surface area contributed by atoms with Gasteiger partial charge in [-0.05, 0) is 48.6 Å². The summed E-state index contributed by atoms with van der Waals surface area (Å²) in [6.07, 6.45) is 1.18. The highest BCUT2D eigenvalue weighted by Crippen LogP contribution is 2.26. The molecule has 21 heavy (non-hydrogen) atoms. The lowest BCUT2D eigenvalue weighted by Gasteiger charge is -2.06. The van der Waals surface area contributed by atoms with Crippen LogP contribution in [0.5, 0.6) is 0 Å². The van der Waals surface area contributed by atoms with Crippen LogP contribution in [0.1, 0.15) is 0 Å². The Balaban J connectivity index is 2.26. The van der Waals surface area contributed by atoms with Gasteiger partial charge in [0.15, 0.2) is 14.6 Å². The number of sulfone groups is 1. The second-order valence-electron chi connectivity index (χ2n) is 4.67. The molecule has 0 radical (unpaired) electrons. The van der Waals surface area contributed by atoms with E-state index >= 15 is 0 Å². The van der Waals surface area contributed by atoms with Crippen LogP contribution < -0.4 is 0 Å². The van der Waals surface area contributed by atoms with Crippen LogP contribution in [0, 0.1) is 4.77 Å². The average molecular weight is 339 g/mol. The third-order valence-electron chi connectivity index (χ3n) is 3.18. The summed E-state index contributed by atoms with van der Waals surface area (Å²) in [4.78, 5) is 3.35. The number of hydrogen-bond donors (Lipinski definition) is 1. The van der Waals surface area contributed by atoms with Crippen molar-refractivity contribution in [1.29, 1.82) is 0 Å². The summed E-state index contributed by atoms with van der Waals surface area (Å²) in [5.74, 6) is 0. The van der Waals surface area contributed by atoms with E-state index in [1.807, 2.05) is 12.1 Å². The Kier molecular flexibility index (Phi) is 3.39. The predicted octanol–water partition coefficient (Wildman–Crippen LogP) is 3.74. The summed E-state index contributed by atoms with van der Waals surface area (Å²) in [6.45, 7) is 0. The number of nitrogens with one attached hydrogen (secondary N) is 1. The van der Waals surface area contributed by atoms with Crippen LogP contribution in [0.3, 0.4) is 0 Å². The molecular weight excluding hydrogens is 328 g/mol. The number of halogens is 1. The van der Waals surface area contributed by atoms with Crippen LogP contribution in [0.2, 0.25) is 5.02 Å². The van der Waals surface area contributed by atoms with Gasteiger partial charge in [0.2, 0.25) is 0 Å². The van der Waals surface area contributed by atoms with Crippen molar-refractivity contribution in [2.45, 2.75) is 4.90 Å². The SMILES string of the molecule is CS(=O)(=O)c1ccc(-n2c(=S)[nH]c3cccc(Cl)c32)cc1. The Morgan fingerprint density at radius 3 is 2.43 bits per heavy atom. The first-order chi connectivity index (χ1) is 9.88. The molecule has 1 aromatic heterocycles. The first-order valence-electron chi connectivity index (χ1n) is 6.08. The molecule has 3 rings (SSSR count). The highest BCUT2D eigenvalue weighted by atomic mass is 35.5. The standard InChI is InChI=1S/C14H11ClN2O2S2/c1-21(18,19)10-7-5-9(6-8-10)17-13-11(15)3-2-4-12(13)16-14(17)20/h2-8H,1H3,(H,16,20). The van der Waals surface area contributed by atoms with E-state index in [9.17, 15) is 8.42 Å². The molecule has 0 fully saturated rings. The van der Waals surface area contributed by atoms with E-state index in [-0.39, 0.29) is 4.90 Å². The van der Waals surface area contributed by atoms with Crippen LogP contribution in [0.15, 0.2) is 47.4 Å². The normalized spacial score (nSPS) is 11.9. The lowest BCUT2D eigenvalue weighted by Crippen LogP contribution is -1.99. The Morgan fingerprint density at radius 1 is 1.14 bits per heavy atom. The summed E-state index contributed by atoms with van der Waals surface area (Å²) >= 11 is 11.6. The summed E-state index contributed by atoms with van der Waals surface area (Å²) in [5, 5.41) is 0.576. The van der Waals surface area contributed by atoms with Gasteiger partial charge in [-0.3, -0.25) is 4.57 Å². The van der Waals surface area contributed by atoms with Crippen LogP contribution in [-0.2, 0) is 9.84 Å². The van der Waals surface area contributed by atoms with Crippen LogP contribution in [0.25, 0.3) is 16.7 Å². The molecule has 1 heterocycles. The third-order valence-corrected chi connectivity index (χ3v) is 4.90. The van der Waals surface area contributed by atoms with Crippen molar-refractivity contribution in [2.75, 3.05) is 6.26 Å². The van der Waals surface area contributed by atoms with Gasteiger partial charge < -0.3 is 4.98 Å². The van der Waals surface area contributed by atoms with Gasteiger partial charge in [0, 0.05) is 11.9 Å². The molecule has 0 aliphatic heterocycles. The Labute approximate surface area is 131 Å². The monoisotopic (exact) mass is 338 g/mol. The molecule has 0 unspecified atom stereocenters. The molecular formula is C14H11ClN2O2S2. The molecule has 108 valence electrons. The number of hydrogen-bond acceptors (Lipinski definition) is 3. The van der Waals surface area contributed by atoms with E-state index in [0.717, 1.165) is 16.7 Å². The minimum atomic E-state index is -3.22. The van der Waals surface area contributed by atoms with Crippen LogP contribution in [0.4, 0.5) is 0 Å². The van der Waals surface area contributed by atoms with Crippen LogP contribution >= 0.6 is 23.8 Å². The molecule has 3 aromatic rings. The molecule has 0 aliphatic carbocycles. The average Bonchev–Trinajstić information content (AvgIpc) is 2.75. The van der Waals surface area contributed by atoms with Gasteiger partial charge in [-0.15, -0.1) is 0 Å². The molecule has 0 saturated carbocycles. The number of aromatic nitrogens is 2. The van der Waals surface area contributed by atoms with E-state index in [1.54, 1.807) is 34.9 Å². The second kappa shape index (κ2) is 4.98. The number of H-pyrrole nitrogens is 1. The van der Waals surface area contributed by atoms with Gasteiger partial charge >= 0.3 is 0 Å². The maximum atomic E-state index is 11.5. The summed E-state index contributed by atoms with van der Waals surface area (Å²) in [5.41, 5.74) is 2.36. The summed E-state index contributed by atoms with van der Waals surface area (Å²) in [6, 6.07) is 12.1. The second-order valence-corrected chi connectivity index (χ2v) is 7.48. The molecule has 0 amide bonds. The molecule has 0 aliphatic rings. The minimum absolute atomic E-state index is 0.267. The molecule has 0 atom stereocenters. The first kappa shape index (κ1) is 14.3. The van der Waals surface area contributed by atoms with Gasteiger partial charge in [0.1, 0.15) is 0 Å². The van der Waals surface area contributed by atoms with Gasteiger partial charge in [0.25, 0.3) is 0 Å². The molecule has 0 bridgehead atoms. The van der Waals surface area contributed by atoms with E-state index in [1.165, 1.54) is 6.26 Å². The Hall–Kier alpha value is -1.63. The van der Waals surface area contributed by atoms with Crippen molar-refractivity contribution in [3.05, 3.63) is 52.3 Å². The summed E-state index contributed by atoms with van der Waals surface area (Å²) in [7, 11) is -3.22. The fourth-order valence-electron chi connectivity index (χ4n) is 2.20. The van der Waals surface area contributed by atoms with E-state index < -0.39 is 9.84 Å². The highest BCUT2D eigenvalue weighted by molar-refractivity contribution is 7.90. The first-order valence-corrected chi connectivity index (χ1v) is 8.75. The maximum absolute atomic E-state index is 11.5. The molecule has 4 nitrogen and oxygen atoms in total. The van der Waals surface area contributed by atoms with E-state index in [0.29, 0.717) is 9.79 Å². The topological polar surface area (TPSA) is 54.9 Å². The molecule has 7 heteroatoms. The van der Waals surface area contributed by atoms with Crippen molar-refractivity contribution in [2.24, 2.45) is 0 Å². The lowest BCUT2D eigenvalue weighted by molar-refractivity contribution is 0.602. The predicted molar refractivity (Wildman–Crippen MR) is 86.6 cm³/mol. The zero-order valence-corrected chi connectivity index (χ0v) is 13.4. The quantitative estimate of drug-likeness (QED) is 0.724. The van der Waals surface area contributed by atoms with Crippen molar-refractivity contribution < 1.29 is 8.42 Å². The zero-order valence-electron chi connectivity index (χ0n) is 11.0. The summed E-state index contributed by atoms with van der Waals surface area (Å²) < 4.78 is 25.3. The largest absolute Gasteiger partial charge is 0.330 e. The zero-order chi connectivity index (χ0) is 15.2. The Morgan fingerprint density at radius 2 is 1.81 bits per heavy atom. The molecule has 0 spiro atoms. The van der Waals surface area contributed by atoms with Gasteiger partial charge in [-0.25, -0.2) is 8.42 Å². The van der Waals surface area contributed by atoms with Gasteiger partial charge in [0.05, 0.1) is 21.0 Å². The van der Waals surface area contributed by atoms with Crippen molar-refractivity contribution in [3.63, 3.8) is 0 Å². The van der Waals surface area contributed by atoms with Gasteiger partial charge in [-0.1, -0.05) is 17.7 Å². The van der Waals surface area contributed by atoms with Gasteiger partial charge in [-0.2, -0.15) is 0 Å². The highest BCUT2D eigenvalue weighted by Gasteiger charge is 2.11. The Bertz CT molecular complexity index is 986. The number of aromatic amines is 1. The smallest absolute Gasteiger partial charge is 0.182 e. The maximum Gasteiger partial charge on any atom is 0.182 e. The fourth-order valence-corrected chi connectivity index (χ4v) is 3.40. The van der Waals surface area contributed by atoms with E-state index in [2.05, 4.69) is 4.98 Å².